The number of hydrogen-bond acceptors (Lipinski definition) is 5. The zero-order valence-electron chi connectivity index (χ0n) is 12.6. The first-order valence-corrected chi connectivity index (χ1v) is 6.99. The molecule has 0 unspecified atom stereocenters. The number of ketones is 1. The highest BCUT2D eigenvalue weighted by Gasteiger charge is 2.12. The number of benzene rings is 1. The molecule has 1 amide bonds. The molecule has 0 aliphatic heterocycles. The molecular formula is C16H12N4O4. The zero-order chi connectivity index (χ0) is 17.3. The number of Topliss-reactive ketones (excluding diaryl/α,β-unsaturated/α-hetero) is 1. The first-order chi connectivity index (χ1) is 11.4. The molecule has 2 heterocycles. The lowest BCUT2D eigenvalue weighted by Gasteiger charge is -2.05. The number of aromatic nitrogens is 2. The Balaban J connectivity index is 1.87. The highest BCUT2D eigenvalue weighted by molar-refractivity contribution is 6.06. The van der Waals surface area contributed by atoms with Crippen molar-refractivity contribution in [3.8, 4) is 0 Å². The first-order valence-electron chi connectivity index (χ1n) is 6.99. The number of nitro benzene ring substituents is 1. The molecule has 8 nitrogen and oxygen atoms in total. The molecule has 0 saturated heterocycles. The minimum absolute atomic E-state index is 0.113. The number of hydrogen-bond donors (Lipinski definition) is 2. The highest BCUT2D eigenvalue weighted by atomic mass is 16.6. The average molecular weight is 324 g/mol. The van der Waals surface area contributed by atoms with Crippen molar-refractivity contribution in [2.45, 2.75) is 6.92 Å². The second kappa shape index (κ2) is 5.92. The Morgan fingerprint density at radius 2 is 2.04 bits per heavy atom. The second-order valence-corrected chi connectivity index (χ2v) is 5.16. The van der Waals surface area contributed by atoms with Gasteiger partial charge in [-0.3, -0.25) is 19.7 Å². The Labute approximate surface area is 135 Å². The fourth-order valence-corrected chi connectivity index (χ4v) is 2.23. The normalized spacial score (nSPS) is 10.5. The summed E-state index contributed by atoms with van der Waals surface area (Å²) in [5.41, 5.74) is 1.40. The molecule has 0 fully saturated rings. The van der Waals surface area contributed by atoms with Crippen molar-refractivity contribution in [1.29, 1.82) is 0 Å². The van der Waals surface area contributed by atoms with Crippen LogP contribution in [0.4, 0.5) is 11.4 Å². The number of carbonyl (C=O) groups excluding carboxylic acids is 2. The fraction of sp³-hybridized carbons (Fsp3) is 0.0625. The summed E-state index contributed by atoms with van der Waals surface area (Å²) in [4.78, 5) is 40.9. The lowest BCUT2D eigenvalue weighted by molar-refractivity contribution is -0.384. The maximum absolute atomic E-state index is 12.3. The van der Waals surface area contributed by atoms with E-state index in [1.54, 1.807) is 18.2 Å². The van der Waals surface area contributed by atoms with Gasteiger partial charge in [-0.1, -0.05) is 6.07 Å². The van der Waals surface area contributed by atoms with E-state index >= 15 is 0 Å². The Morgan fingerprint density at radius 3 is 2.75 bits per heavy atom. The van der Waals surface area contributed by atoms with Crippen molar-refractivity contribution in [2.24, 2.45) is 0 Å². The molecule has 0 radical (unpaired) electrons. The van der Waals surface area contributed by atoms with Gasteiger partial charge in [-0.15, -0.1) is 0 Å². The third-order valence-corrected chi connectivity index (χ3v) is 3.43. The Kier molecular flexibility index (Phi) is 3.78. The molecule has 3 rings (SSSR count). The number of pyridine rings is 1. The molecular weight excluding hydrogens is 312 g/mol. The van der Waals surface area contributed by atoms with Gasteiger partial charge in [-0.05, 0) is 18.2 Å². The maximum Gasteiger partial charge on any atom is 0.271 e. The van der Waals surface area contributed by atoms with E-state index in [9.17, 15) is 19.7 Å². The number of nitrogens with zero attached hydrogens (tertiary/aromatic N) is 2. The highest BCUT2D eigenvalue weighted by Crippen LogP contribution is 2.19. The summed E-state index contributed by atoms with van der Waals surface area (Å²) in [6.45, 7) is 1.43. The number of H-pyrrole nitrogens is 1. The van der Waals surface area contributed by atoms with Crippen LogP contribution in [0.1, 0.15) is 27.8 Å². The van der Waals surface area contributed by atoms with Crippen LogP contribution in [-0.4, -0.2) is 26.6 Å². The van der Waals surface area contributed by atoms with Gasteiger partial charge in [0, 0.05) is 36.3 Å². The standard InChI is InChI=1S/C16H12N4O4/c1-9(21)14-6-10-5-11(8-17-15(10)19-14)16(22)18-12-3-2-4-13(7-12)20(23)24/h2-8H,1H3,(H,17,19)(H,18,22). The lowest BCUT2D eigenvalue weighted by Crippen LogP contribution is -2.12. The SMILES string of the molecule is CC(=O)c1cc2cc(C(=O)Nc3cccc([N+](=O)[O-])c3)cnc2[nH]1. The van der Waals surface area contributed by atoms with E-state index in [0.29, 0.717) is 22.4 Å². The number of carbonyl (C=O) groups is 2. The molecule has 0 aliphatic rings. The summed E-state index contributed by atoms with van der Waals surface area (Å²) in [5, 5.41) is 14.0. The summed E-state index contributed by atoms with van der Waals surface area (Å²) >= 11 is 0. The van der Waals surface area contributed by atoms with Crippen LogP contribution in [0.15, 0.2) is 42.6 Å². The number of amides is 1. The average Bonchev–Trinajstić information content (AvgIpc) is 2.98. The molecule has 2 N–H and O–H groups in total. The quantitative estimate of drug-likeness (QED) is 0.434. The Hall–Kier alpha value is -3.55. The van der Waals surface area contributed by atoms with Crippen LogP contribution in [0, 0.1) is 10.1 Å². The van der Waals surface area contributed by atoms with Gasteiger partial charge in [0.25, 0.3) is 11.6 Å². The van der Waals surface area contributed by atoms with E-state index in [2.05, 4.69) is 15.3 Å². The topological polar surface area (TPSA) is 118 Å². The van der Waals surface area contributed by atoms with Crippen molar-refractivity contribution in [3.63, 3.8) is 0 Å². The molecule has 0 atom stereocenters. The van der Waals surface area contributed by atoms with Gasteiger partial charge in [0.1, 0.15) is 5.65 Å². The number of nitrogens with one attached hydrogen (secondary N) is 2. The number of rotatable bonds is 4. The van der Waals surface area contributed by atoms with E-state index in [1.165, 1.54) is 31.3 Å². The number of fused-ring (bicyclic) bond motifs is 1. The summed E-state index contributed by atoms with van der Waals surface area (Å²) in [5.74, 6) is -0.578. The molecule has 120 valence electrons. The van der Waals surface area contributed by atoms with Crippen LogP contribution in [0.25, 0.3) is 11.0 Å². The number of non-ortho nitro benzene ring substituents is 1. The maximum atomic E-state index is 12.3. The molecule has 24 heavy (non-hydrogen) atoms. The van der Waals surface area contributed by atoms with Gasteiger partial charge in [0.15, 0.2) is 5.78 Å². The molecule has 2 aromatic heterocycles. The van der Waals surface area contributed by atoms with Gasteiger partial charge < -0.3 is 10.3 Å². The molecule has 1 aromatic carbocycles. The minimum atomic E-state index is -0.535. The van der Waals surface area contributed by atoms with E-state index in [0.717, 1.165) is 0 Å². The number of anilines is 1. The third kappa shape index (κ3) is 2.98. The van der Waals surface area contributed by atoms with Gasteiger partial charge in [-0.2, -0.15) is 0 Å². The summed E-state index contributed by atoms with van der Waals surface area (Å²) in [7, 11) is 0. The van der Waals surface area contributed by atoms with Crippen molar-refractivity contribution in [2.75, 3.05) is 5.32 Å². The van der Waals surface area contributed by atoms with Crippen LogP contribution >= 0.6 is 0 Å². The molecule has 0 spiro atoms. The molecule has 8 heteroatoms. The summed E-state index contributed by atoms with van der Waals surface area (Å²) in [6.07, 6.45) is 1.37. The first kappa shape index (κ1) is 15.3. The monoisotopic (exact) mass is 324 g/mol. The Morgan fingerprint density at radius 1 is 1.25 bits per heavy atom. The van der Waals surface area contributed by atoms with Crippen molar-refractivity contribution >= 4 is 34.1 Å². The Bertz CT molecular complexity index is 977. The molecule has 0 saturated carbocycles. The minimum Gasteiger partial charge on any atom is -0.337 e. The summed E-state index contributed by atoms with van der Waals surface area (Å²) < 4.78 is 0. The van der Waals surface area contributed by atoms with Crippen molar-refractivity contribution < 1.29 is 14.5 Å². The van der Waals surface area contributed by atoms with Gasteiger partial charge >= 0.3 is 0 Å². The molecule has 0 bridgehead atoms. The van der Waals surface area contributed by atoms with E-state index in [-0.39, 0.29) is 17.0 Å². The largest absolute Gasteiger partial charge is 0.337 e. The second-order valence-electron chi connectivity index (χ2n) is 5.16. The van der Waals surface area contributed by atoms with E-state index < -0.39 is 10.8 Å². The lowest BCUT2D eigenvalue weighted by atomic mass is 10.2. The van der Waals surface area contributed by atoms with E-state index in [1.807, 2.05) is 0 Å². The van der Waals surface area contributed by atoms with Gasteiger partial charge in [0.2, 0.25) is 0 Å². The summed E-state index contributed by atoms with van der Waals surface area (Å²) in [6, 6.07) is 8.87. The zero-order valence-corrected chi connectivity index (χ0v) is 12.6. The number of nitro groups is 1. The van der Waals surface area contributed by atoms with Crippen molar-refractivity contribution in [3.05, 3.63) is 64.0 Å². The van der Waals surface area contributed by atoms with Crippen LogP contribution in [0.3, 0.4) is 0 Å². The fourth-order valence-electron chi connectivity index (χ4n) is 2.23. The predicted molar refractivity (Wildman–Crippen MR) is 87.1 cm³/mol. The molecule has 0 aliphatic carbocycles. The smallest absolute Gasteiger partial charge is 0.271 e. The van der Waals surface area contributed by atoms with E-state index in [4.69, 9.17) is 0 Å². The number of aromatic amines is 1. The van der Waals surface area contributed by atoms with Crippen LogP contribution in [0.2, 0.25) is 0 Å². The van der Waals surface area contributed by atoms with Gasteiger partial charge in [0.05, 0.1) is 16.2 Å². The molecule has 3 aromatic rings. The predicted octanol–water partition coefficient (Wildman–Crippen LogP) is 2.93. The van der Waals surface area contributed by atoms with Crippen LogP contribution < -0.4 is 5.32 Å². The van der Waals surface area contributed by atoms with Crippen LogP contribution in [-0.2, 0) is 0 Å². The van der Waals surface area contributed by atoms with Crippen molar-refractivity contribution in [1.82, 2.24) is 9.97 Å². The van der Waals surface area contributed by atoms with Crippen LogP contribution in [0.5, 0.6) is 0 Å². The third-order valence-electron chi connectivity index (χ3n) is 3.43. The van der Waals surface area contributed by atoms with Gasteiger partial charge in [-0.25, -0.2) is 4.98 Å².